The van der Waals surface area contributed by atoms with E-state index in [0.717, 1.165) is 10.6 Å². The summed E-state index contributed by atoms with van der Waals surface area (Å²) in [5.41, 5.74) is 2.37. The van der Waals surface area contributed by atoms with Gasteiger partial charge in [0.05, 0.1) is 52.4 Å². The number of carbonyl (C=O) groups is 2. The fourth-order valence-corrected chi connectivity index (χ4v) is 5.47. The van der Waals surface area contributed by atoms with Crippen molar-refractivity contribution in [2.45, 2.75) is 39.0 Å². The number of rotatable bonds is 10. The molecule has 2 N–H and O–H groups in total. The van der Waals surface area contributed by atoms with E-state index in [-0.39, 0.29) is 59.7 Å². The normalized spacial score (nSPS) is 24.1. The molecule has 1 aromatic rings. The molecule has 0 unspecified atom stereocenters. The Labute approximate surface area is 205 Å². The minimum absolute atomic E-state index is 0. The Kier molecular flexibility index (Phi) is 9.57. The number of aromatic nitrogens is 1. The van der Waals surface area contributed by atoms with Crippen LogP contribution in [0.25, 0.3) is 6.08 Å². The van der Waals surface area contributed by atoms with Crippen molar-refractivity contribution >= 4 is 41.1 Å². The van der Waals surface area contributed by atoms with E-state index in [0.29, 0.717) is 24.5 Å². The van der Waals surface area contributed by atoms with Crippen molar-refractivity contribution in [1.82, 2.24) is 9.88 Å². The summed E-state index contributed by atoms with van der Waals surface area (Å²) in [6.45, 7) is 4.26. The predicted octanol–water partition coefficient (Wildman–Crippen LogP) is -2.43. The number of thioether (sulfide) groups is 1. The number of thiazole rings is 1. The van der Waals surface area contributed by atoms with E-state index in [4.69, 9.17) is 9.84 Å². The molecule has 1 amide bonds. The van der Waals surface area contributed by atoms with E-state index in [1.54, 1.807) is 17.8 Å². The van der Waals surface area contributed by atoms with Crippen molar-refractivity contribution in [1.29, 1.82) is 0 Å². The number of fused-ring (bicyclic) bond motifs is 1. The molecule has 3 heterocycles. The van der Waals surface area contributed by atoms with Gasteiger partial charge in [0.2, 0.25) is 5.91 Å². The predicted molar refractivity (Wildman–Crippen MR) is 107 cm³/mol. The molecule has 4 atom stereocenters. The largest absolute Gasteiger partial charge is 1.00 e. The quantitative estimate of drug-likeness (QED) is 0.224. The maximum Gasteiger partial charge on any atom is 1.00 e. The van der Waals surface area contributed by atoms with Gasteiger partial charge in [0.25, 0.3) is 0 Å². The zero-order valence-corrected chi connectivity index (χ0v) is 20.7. The molecule has 1 saturated heterocycles. The molecule has 158 valence electrons. The topological polar surface area (TPSA) is 123 Å². The number of aliphatic hydroxyl groups excluding tert-OH is 2. The molecule has 0 aromatic carbocycles. The van der Waals surface area contributed by atoms with E-state index < -0.39 is 18.0 Å². The van der Waals surface area contributed by atoms with Gasteiger partial charge in [0.15, 0.2) is 0 Å². The second-order valence-corrected chi connectivity index (χ2v) is 8.80. The Balaban J connectivity index is 0.00000320. The number of carboxylic acids is 1. The number of hydrogen-bond donors (Lipinski definition) is 2. The van der Waals surface area contributed by atoms with Gasteiger partial charge >= 0.3 is 29.6 Å². The fraction of sp³-hybridized carbons (Fsp3) is 0.526. The second kappa shape index (κ2) is 11.2. The molecule has 30 heavy (non-hydrogen) atoms. The summed E-state index contributed by atoms with van der Waals surface area (Å²) in [4.78, 5) is 31.0. The molecule has 0 aliphatic carbocycles. The van der Waals surface area contributed by atoms with Crippen LogP contribution in [0.1, 0.15) is 30.8 Å². The van der Waals surface area contributed by atoms with E-state index in [1.807, 2.05) is 13.0 Å². The van der Waals surface area contributed by atoms with E-state index in [2.05, 4.69) is 4.98 Å². The Morgan fingerprint density at radius 3 is 2.90 bits per heavy atom. The maximum atomic E-state index is 12.3. The third-order valence-electron chi connectivity index (χ3n) is 5.07. The van der Waals surface area contributed by atoms with Crippen molar-refractivity contribution < 1.29 is 59.2 Å². The molecule has 2 aliphatic heterocycles. The fourth-order valence-electron chi connectivity index (χ4n) is 3.70. The molecule has 8 nitrogen and oxygen atoms in total. The summed E-state index contributed by atoms with van der Waals surface area (Å²) in [7, 11) is 0. The van der Waals surface area contributed by atoms with Gasteiger partial charge in [0, 0.05) is 24.0 Å². The average molecular weight is 463 g/mol. The van der Waals surface area contributed by atoms with Crippen LogP contribution in [0.4, 0.5) is 0 Å². The summed E-state index contributed by atoms with van der Waals surface area (Å²) in [6, 6.07) is -0.356. The van der Waals surface area contributed by atoms with Gasteiger partial charge in [-0.2, -0.15) is 0 Å². The number of carboxylic acid groups (broad SMARTS) is 1. The zero-order chi connectivity index (χ0) is 21.1. The molecule has 0 saturated carbocycles. The van der Waals surface area contributed by atoms with Gasteiger partial charge in [-0.3, -0.25) is 4.79 Å². The van der Waals surface area contributed by atoms with E-state index in [9.17, 15) is 19.8 Å². The van der Waals surface area contributed by atoms with Gasteiger partial charge in [-0.25, -0.2) is 4.98 Å². The second-order valence-electron chi connectivity index (χ2n) is 6.97. The smallest absolute Gasteiger partial charge is 0.543 e. The monoisotopic (exact) mass is 462 g/mol. The minimum Gasteiger partial charge on any atom is -0.543 e. The van der Waals surface area contributed by atoms with Crippen molar-refractivity contribution in [2.75, 3.05) is 13.2 Å². The van der Waals surface area contributed by atoms with Crippen molar-refractivity contribution in [3.05, 3.63) is 32.1 Å². The number of hydrogen-bond acceptors (Lipinski definition) is 9. The Hall–Kier alpha value is -0.720. The van der Waals surface area contributed by atoms with Gasteiger partial charge < -0.3 is 29.8 Å². The molecule has 1 fully saturated rings. The SMILES string of the molecule is C[C@@H](O)[C@H]1C(=O)N2C(C(=O)[O-])=C(S/C=C\c3scnc3COCCCO)[C@H](C)[C@H]12.[Na+]. The first-order chi connectivity index (χ1) is 13.9. The van der Waals surface area contributed by atoms with E-state index in [1.165, 1.54) is 28.0 Å². The number of β-lactam (4-membered cyclic amide) rings is 1. The molecule has 3 rings (SSSR count). The summed E-state index contributed by atoms with van der Waals surface area (Å²) in [5, 5.41) is 32.1. The van der Waals surface area contributed by atoms with Gasteiger partial charge in [-0.1, -0.05) is 18.7 Å². The average Bonchev–Trinajstić information content (AvgIpc) is 3.20. The third-order valence-corrected chi connectivity index (χ3v) is 7.00. The van der Waals surface area contributed by atoms with Crippen LogP contribution in [0.3, 0.4) is 0 Å². The molecule has 0 bridgehead atoms. The molecule has 0 radical (unpaired) electrons. The third kappa shape index (κ3) is 5.02. The number of aliphatic carboxylic acids is 1. The van der Waals surface area contributed by atoms with Crippen molar-refractivity contribution in [3.63, 3.8) is 0 Å². The van der Waals surface area contributed by atoms with Crippen molar-refractivity contribution in [3.8, 4) is 0 Å². The van der Waals surface area contributed by atoms with Gasteiger partial charge in [-0.15, -0.1) is 11.3 Å². The van der Waals surface area contributed by atoms with Gasteiger partial charge in [-0.05, 0) is 24.8 Å². The number of amides is 1. The number of aliphatic hydroxyl groups is 2. The first kappa shape index (κ1) is 25.5. The van der Waals surface area contributed by atoms with Crippen LogP contribution in [0, 0.1) is 11.8 Å². The molecule has 11 heteroatoms. The van der Waals surface area contributed by atoms with Crippen molar-refractivity contribution in [2.24, 2.45) is 11.8 Å². The summed E-state index contributed by atoms with van der Waals surface area (Å²) >= 11 is 2.68. The summed E-state index contributed by atoms with van der Waals surface area (Å²) in [5.74, 6) is -2.56. The number of carbonyl (C=O) groups excluding carboxylic acids is 2. The van der Waals surface area contributed by atoms with Crippen LogP contribution < -0.4 is 34.7 Å². The van der Waals surface area contributed by atoms with Crippen LogP contribution in [0.15, 0.2) is 21.5 Å². The zero-order valence-electron chi connectivity index (χ0n) is 17.1. The van der Waals surface area contributed by atoms with Crippen LogP contribution in [0.2, 0.25) is 0 Å². The molecule has 1 aromatic heterocycles. The van der Waals surface area contributed by atoms with Crippen LogP contribution in [0.5, 0.6) is 0 Å². The Morgan fingerprint density at radius 1 is 1.53 bits per heavy atom. The summed E-state index contributed by atoms with van der Waals surface area (Å²) in [6.07, 6.45) is 1.57. The first-order valence-corrected chi connectivity index (χ1v) is 11.0. The van der Waals surface area contributed by atoms with Crippen LogP contribution >= 0.6 is 23.1 Å². The molecular formula is C19H23N2NaO6S2. The minimum atomic E-state index is -1.39. The number of ether oxygens (including phenoxy) is 1. The first-order valence-electron chi connectivity index (χ1n) is 9.29. The standard InChI is InChI=1S/C19H24N2O6S2.Na/c1-10-15-14(11(2)23)18(24)21(15)16(19(25)26)17(10)28-7-4-13-12(20-9-29-13)8-27-6-3-5-22;/h4,7,9-11,14-15,22-23H,3,5-6,8H2,1-2H3,(H,25,26);/q;+1/p-1/b7-4-;/t10-,11-,14-,15-;/m1./s1. The van der Waals surface area contributed by atoms with E-state index >= 15 is 0 Å². The van der Waals surface area contributed by atoms with Crippen LogP contribution in [-0.2, 0) is 20.9 Å². The van der Waals surface area contributed by atoms with Gasteiger partial charge in [0.1, 0.15) is 0 Å². The summed E-state index contributed by atoms with van der Waals surface area (Å²) < 4.78 is 5.47. The molecule has 0 spiro atoms. The molecular weight excluding hydrogens is 439 g/mol. The Bertz CT molecular complexity index is 841. The molecule has 2 aliphatic rings. The number of nitrogens with zero attached hydrogens (tertiary/aromatic N) is 2. The maximum absolute atomic E-state index is 12.3. The Morgan fingerprint density at radius 2 is 2.27 bits per heavy atom. The van der Waals surface area contributed by atoms with Crippen LogP contribution in [-0.4, -0.2) is 57.3 Å².